The van der Waals surface area contributed by atoms with E-state index in [4.69, 9.17) is 0 Å². The number of aryl methyl sites for hydroxylation is 2. The number of nitrogens with zero attached hydrogens (tertiary/aromatic N) is 3. The first kappa shape index (κ1) is 25.9. The molecule has 0 aliphatic carbocycles. The minimum absolute atomic E-state index is 0.0811. The number of carbonyl (C=O) groups excluding carboxylic acids is 1. The molecule has 3 aromatic rings. The molecular weight excluding hydrogens is 569 g/mol. The summed E-state index contributed by atoms with van der Waals surface area (Å²) in [5, 5.41) is 2.84. The lowest BCUT2D eigenvalue weighted by atomic mass is 10.2. The van der Waals surface area contributed by atoms with Gasteiger partial charge in [0.05, 0.1) is 34.6 Å². The standard InChI is InChI=1S/C23H28IN5O4S/c1-3-7-19-10-11-20(27-34(32,33)14-18-8-5-4-6-9-18)23(31)29(19)13-22(30)25-12-21-17(2)26-16-28(21)15-24/h4-6,8-11,16,27H,3,7,12-15H2,1-2H3,(H,25,30). The number of benzene rings is 1. The van der Waals surface area contributed by atoms with Crippen molar-refractivity contribution in [3.05, 3.63) is 81.8 Å². The van der Waals surface area contributed by atoms with E-state index in [0.717, 1.165) is 17.8 Å². The van der Waals surface area contributed by atoms with E-state index >= 15 is 0 Å². The molecule has 0 saturated carbocycles. The highest BCUT2D eigenvalue weighted by Gasteiger charge is 2.18. The lowest BCUT2D eigenvalue weighted by molar-refractivity contribution is -0.121. The highest BCUT2D eigenvalue weighted by Crippen LogP contribution is 2.12. The van der Waals surface area contributed by atoms with E-state index < -0.39 is 15.6 Å². The third kappa shape index (κ3) is 6.69. The van der Waals surface area contributed by atoms with E-state index in [0.29, 0.717) is 22.2 Å². The molecule has 9 nitrogen and oxygen atoms in total. The highest BCUT2D eigenvalue weighted by atomic mass is 127. The molecule has 2 aromatic heterocycles. The molecule has 0 radical (unpaired) electrons. The molecule has 34 heavy (non-hydrogen) atoms. The van der Waals surface area contributed by atoms with Crippen LogP contribution < -0.4 is 15.6 Å². The predicted molar refractivity (Wildman–Crippen MR) is 140 cm³/mol. The molecule has 11 heteroatoms. The van der Waals surface area contributed by atoms with Gasteiger partial charge in [-0.05, 0) is 31.0 Å². The maximum atomic E-state index is 13.2. The van der Waals surface area contributed by atoms with Crippen molar-refractivity contribution in [1.29, 1.82) is 0 Å². The Labute approximate surface area is 212 Å². The Morgan fingerprint density at radius 3 is 2.56 bits per heavy atom. The van der Waals surface area contributed by atoms with Crippen LogP contribution in [0.4, 0.5) is 5.69 Å². The van der Waals surface area contributed by atoms with Crippen LogP contribution >= 0.6 is 22.6 Å². The van der Waals surface area contributed by atoms with Gasteiger partial charge in [0.2, 0.25) is 15.9 Å². The molecule has 0 bridgehead atoms. The molecule has 1 amide bonds. The zero-order valence-electron chi connectivity index (χ0n) is 19.1. The minimum atomic E-state index is -3.81. The Balaban J connectivity index is 1.79. The van der Waals surface area contributed by atoms with Crippen LogP contribution in [0, 0.1) is 6.92 Å². The third-order valence-corrected chi connectivity index (χ3v) is 7.25. The van der Waals surface area contributed by atoms with Gasteiger partial charge in [-0.2, -0.15) is 0 Å². The molecule has 0 unspecified atom stereocenters. The number of sulfonamides is 1. The largest absolute Gasteiger partial charge is 0.349 e. The molecule has 2 heterocycles. The molecule has 0 saturated heterocycles. The second kappa shape index (κ2) is 11.6. The Morgan fingerprint density at radius 2 is 1.88 bits per heavy atom. The number of alkyl halides is 1. The van der Waals surface area contributed by atoms with Crippen molar-refractivity contribution in [3.8, 4) is 0 Å². The van der Waals surface area contributed by atoms with Crippen LogP contribution in [-0.4, -0.2) is 28.4 Å². The minimum Gasteiger partial charge on any atom is -0.349 e. The van der Waals surface area contributed by atoms with Gasteiger partial charge in [0.1, 0.15) is 12.2 Å². The number of hydrogen-bond donors (Lipinski definition) is 2. The Morgan fingerprint density at radius 1 is 1.15 bits per heavy atom. The van der Waals surface area contributed by atoms with Gasteiger partial charge in [0.15, 0.2) is 0 Å². The van der Waals surface area contributed by atoms with Crippen molar-refractivity contribution in [2.45, 2.75) is 50.1 Å². The van der Waals surface area contributed by atoms with Crippen LogP contribution in [0.3, 0.4) is 0 Å². The number of carbonyl (C=O) groups is 1. The van der Waals surface area contributed by atoms with Gasteiger partial charge in [-0.3, -0.25) is 14.3 Å². The maximum Gasteiger partial charge on any atom is 0.275 e. The first-order valence-corrected chi connectivity index (χ1v) is 14.0. The molecule has 1 aromatic carbocycles. The van der Waals surface area contributed by atoms with Crippen molar-refractivity contribution in [1.82, 2.24) is 19.4 Å². The van der Waals surface area contributed by atoms with E-state index in [9.17, 15) is 18.0 Å². The molecule has 2 N–H and O–H groups in total. The second-order valence-corrected chi connectivity index (χ2v) is 10.3. The number of hydrogen-bond acceptors (Lipinski definition) is 5. The number of halogens is 1. The molecule has 0 fully saturated rings. The van der Waals surface area contributed by atoms with Gasteiger partial charge in [-0.25, -0.2) is 13.4 Å². The number of aromatic nitrogens is 3. The van der Waals surface area contributed by atoms with Crippen molar-refractivity contribution in [2.75, 3.05) is 4.72 Å². The van der Waals surface area contributed by atoms with E-state index in [-0.39, 0.29) is 30.4 Å². The number of nitrogens with one attached hydrogen (secondary N) is 2. The summed E-state index contributed by atoms with van der Waals surface area (Å²) in [4.78, 5) is 30.1. The van der Waals surface area contributed by atoms with E-state index in [1.54, 1.807) is 42.7 Å². The molecule has 0 aliphatic heterocycles. The molecular formula is C23H28IN5O4S. The molecule has 0 spiro atoms. The summed E-state index contributed by atoms with van der Waals surface area (Å²) in [6.07, 6.45) is 3.08. The fourth-order valence-corrected chi connectivity index (χ4v) is 5.34. The second-order valence-electron chi connectivity index (χ2n) is 7.87. The Hall–Kier alpha value is -2.67. The van der Waals surface area contributed by atoms with E-state index in [1.807, 2.05) is 18.4 Å². The summed E-state index contributed by atoms with van der Waals surface area (Å²) >= 11 is 2.22. The SMILES string of the molecule is CCCc1ccc(NS(=O)(=O)Cc2ccccc2)c(=O)n1CC(=O)NCc1c(C)ncn1CI. The van der Waals surface area contributed by atoms with E-state index in [2.05, 4.69) is 37.6 Å². The number of amides is 1. The van der Waals surface area contributed by atoms with Crippen molar-refractivity contribution >= 4 is 44.2 Å². The zero-order chi connectivity index (χ0) is 24.7. The van der Waals surface area contributed by atoms with Gasteiger partial charge in [0, 0.05) is 5.69 Å². The Bertz CT molecular complexity index is 1300. The molecule has 182 valence electrons. The van der Waals surface area contributed by atoms with Crippen molar-refractivity contribution < 1.29 is 13.2 Å². The fraction of sp³-hybridized carbons (Fsp3) is 0.348. The van der Waals surface area contributed by atoms with Crippen molar-refractivity contribution in [3.63, 3.8) is 0 Å². The predicted octanol–water partition coefficient (Wildman–Crippen LogP) is 2.96. The number of imidazole rings is 1. The lowest BCUT2D eigenvalue weighted by Gasteiger charge is -2.16. The lowest BCUT2D eigenvalue weighted by Crippen LogP contribution is -2.35. The topological polar surface area (TPSA) is 115 Å². The average Bonchev–Trinajstić information content (AvgIpc) is 3.16. The third-order valence-electron chi connectivity index (χ3n) is 5.27. The van der Waals surface area contributed by atoms with Gasteiger partial charge >= 0.3 is 0 Å². The van der Waals surface area contributed by atoms with Crippen LogP contribution in [0.1, 0.15) is 36.0 Å². The highest BCUT2D eigenvalue weighted by molar-refractivity contribution is 14.1. The first-order valence-electron chi connectivity index (χ1n) is 10.8. The zero-order valence-corrected chi connectivity index (χ0v) is 22.1. The van der Waals surface area contributed by atoms with Crippen LogP contribution in [-0.2, 0) is 44.6 Å². The van der Waals surface area contributed by atoms with Gasteiger partial charge in [-0.1, -0.05) is 66.3 Å². The normalized spacial score (nSPS) is 11.4. The number of rotatable bonds is 11. The fourth-order valence-electron chi connectivity index (χ4n) is 3.56. The van der Waals surface area contributed by atoms with Crippen LogP contribution in [0.5, 0.6) is 0 Å². The summed E-state index contributed by atoms with van der Waals surface area (Å²) in [5.41, 5.74) is 2.37. The maximum absolute atomic E-state index is 13.2. The smallest absolute Gasteiger partial charge is 0.275 e. The molecule has 0 atom stereocenters. The van der Waals surface area contributed by atoms with Gasteiger partial charge in [0.25, 0.3) is 5.56 Å². The van der Waals surface area contributed by atoms with Gasteiger partial charge in [-0.15, -0.1) is 0 Å². The number of anilines is 1. The molecule has 3 rings (SSSR count). The summed E-state index contributed by atoms with van der Waals surface area (Å²) < 4.78 is 31.7. The summed E-state index contributed by atoms with van der Waals surface area (Å²) in [6, 6.07) is 11.9. The van der Waals surface area contributed by atoms with E-state index in [1.165, 1.54) is 10.6 Å². The molecule has 0 aliphatic rings. The van der Waals surface area contributed by atoms with Crippen LogP contribution in [0.15, 0.2) is 53.6 Å². The monoisotopic (exact) mass is 597 g/mol. The Kier molecular flexibility index (Phi) is 8.89. The average molecular weight is 597 g/mol. The van der Waals surface area contributed by atoms with Crippen LogP contribution in [0.2, 0.25) is 0 Å². The summed E-state index contributed by atoms with van der Waals surface area (Å²) in [7, 11) is -3.81. The summed E-state index contributed by atoms with van der Waals surface area (Å²) in [5.74, 6) is -0.599. The summed E-state index contributed by atoms with van der Waals surface area (Å²) in [6.45, 7) is 3.92. The van der Waals surface area contributed by atoms with Crippen LogP contribution in [0.25, 0.3) is 0 Å². The quantitative estimate of drug-likeness (QED) is 0.261. The van der Waals surface area contributed by atoms with Gasteiger partial charge < -0.3 is 14.5 Å². The first-order chi connectivity index (χ1) is 16.2. The number of pyridine rings is 1. The van der Waals surface area contributed by atoms with Crippen molar-refractivity contribution in [2.24, 2.45) is 0 Å².